The number of hydrogen-bond acceptors (Lipinski definition) is 2. The van der Waals surface area contributed by atoms with E-state index in [-0.39, 0.29) is 23.8 Å². The van der Waals surface area contributed by atoms with Gasteiger partial charge < -0.3 is 10.6 Å². The van der Waals surface area contributed by atoms with Gasteiger partial charge in [0, 0.05) is 19.0 Å². The zero-order valence-corrected chi connectivity index (χ0v) is 10.5. The van der Waals surface area contributed by atoms with Crippen molar-refractivity contribution in [2.45, 2.75) is 51.5 Å². The second kappa shape index (κ2) is 5.07. The SMILES string of the molecule is C[C@@H](C1CCCCC1)N1CC(C(N)=O)CC1=O. The molecule has 0 aromatic heterocycles. The molecule has 1 saturated carbocycles. The van der Waals surface area contributed by atoms with E-state index in [1.54, 1.807) is 0 Å². The second-order valence-electron chi connectivity index (χ2n) is 5.49. The number of likely N-dealkylation sites (tertiary alicyclic amines) is 1. The molecule has 2 fully saturated rings. The Morgan fingerprint density at radius 2 is 2.00 bits per heavy atom. The van der Waals surface area contributed by atoms with Gasteiger partial charge in [0.05, 0.1) is 5.92 Å². The summed E-state index contributed by atoms with van der Waals surface area (Å²) in [5, 5.41) is 0. The van der Waals surface area contributed by atoms with Crippen LogP contribution < -0.4 is 5.73 Å². The van der Waals surface area contributed by atoms with Crippen molar-refractivity contribution in [2.24, 2.45) is 17.6 Å². The first-order chi connectivity index (χ1) is 8.09. The minimum absolute atomic E-state index is 0.104. The van der Waals surface area contributed by atoms with Gasteiger partial charge in [-0.05, 0) is 25.7 Å². The van der Waals surface area contributed by atoms with E-state index < -0.39 is 0 Å². The molecule has 2 amide bonds. The highest BCUT2D eigenvalue weighted by Gasteiger charge is 2.37. The first-order valence-electron chi connectivity index (χ1n) is 6.68. The molecule has 2 aliphatic rings. The molecule has 2 N–H and O–H groups in total. The van der Waals surface area contributed by atoms with Crippen molar-refractivity contribution >= 4 is 11.8 Å². The Bertz CT molecular complexity index is 311. The molecule has 96 valence electrons. The van der Waals surface area contributed by atoms with Crippen LogP contribution in [0.25, 0.3) is 0 Å². The molecule has 4 nitrogen and oxygen atoms in total. The normalized spacial score (nSPS) is 28.4. The molecule has 1 unspecified atom stereocenters. The number of amides is 2. The van der Waals surface area contributed by atoms with Crippen LogP contribution in [-0.2, 0) is 9.59 Å². The molecule has 4 heteroatoms. The van der Waals surface area contributed by atoms with Gasteiger partial charge in [-0.1, -0.05) is 19.3 Å². The molecule has 0 spiro atoms. The molecular weight excluding hydrogens is 216 g/mol. The van der Waals surface area contributed by atoms with Crippen molar-refractivity contribution in [1.29, 1.82) is 0 Å². The topological polar surface area (TPSA) is 63.4 Å². The number of carbonyl (C=O) groups excluding carboxylic acids is 2. The molecule has 1 aliphatic heterocycles. The van der Waals surface area contributed by atoms with E-state index in [0.29, 0.717) is 18.9 Å². The monoisotopic (exact) mass is 238 g/mol. The largest absolute Gasteiger partial charge is 0.369 e. The average Bonchev–Trinajstić information content (AvgIpc) is 2.72. The molecule has 0 radical (unpaired) electrons. The highest BCUT2D eigenvalue weighted by atomic mass is 16.2. The molecule has 17 heavy (non-hydrogen) atoms. The van der Waals surface area contributed by atoms with Gasteiger partial charge >= 0.3 is 0 Å². The van der Waals surface area contributed by atoms with Crippen molar-refractivity contribution in [1.82, 2.24) is 4.90 Å². The third-order valence-corrected chi connectivity index (χ3v) is 4.38. The summed E-state index contributed by atoms with van der Waals surface area (Å²) in [6.07, 6.45) is 6.61. The van der Waals surface area contributed by atoms with Gasteiger partial charge in [-0.3, -0.25) is 9.59 Å². The average molecular weight is 238 g/mol. The fourth-order valence-electron chi connectivity index (χ4n) is 3.19. The maximum absolute atomic E-state index is 11.9. The molecule has 0 aromatic carbocycles. The van der Waals surface area contributed by atoms with Crippen LogP contribution in [0.4, 0.5) is 0 Å². The number of rotatable bonds is 3. The summed E-state index contributed by atoms with van der Waals surface area (Å²) >= 11 is 0. The number of nitrogens with zero attached hydrogens (tertiary/aromatic N) is 1. The predicted molar refractivity (Wildman–Crippen MR) is 65.1 cm³/mol. The summed E-state index contributed by atoms with van der Waals surface area (Å²) in [7, 11) is 0. The van der Waals surface area contributed by atoms with Gasteiger partial charge in [0.25, 0.3) is 0 Å². The van der Waals surface area contributed by atoms with Crippen LogP contribution in [-0.4, -0.2) is 29.3 Å². The summed E-state index contributed by atoms with van der Waals surface area (Å²) in [6.45, 7) is 2.66. The Hall–Kier alpha value is -1.06. The number of nitrogens with two attached hydrogens (primary N) is 1. The first kappa shape index (κ1) is 12.4. The van der Waals surface area contributed by atoms with E-state index in [4.69, 9.17) is 5.73 Å². The molecule has 1 heterocycles. The third kappa shape index (κ3) is 2.61. The van der Waals surface area contributed by atoms with Gasteiger partial charge in [0.1, 0.15) is 0 Å². The quantitative estimate of drug-likeness (QED) is 0.805. The van der Waals surface area contributed by atoms with Crippen LogP contribution in [0.3, 0.4) is 0 Å². The van der Waals surface area contributed by atoms with Crippen molar-refractivity contribution < 1.29 is 9.59 Å². The Morgan fingerprint density at radius 3 is 2.53 bits per heavy atom. The third-order valence-electron chi connectivity index (χ3n) is 4.38. The van der Waals surface area contributed by atoms with E-state index in [2.05, 4.69) is 6.92 Å². The lowest BCUT2D eigenvalue weighted by Crippen LogP contribution is -2.41. The van der Waals surface area contributed by atoms with Gasteiger partial charge in [-0.15, -0.1) is 0 Å². The Balaban J connectivity index is 1.97. The minimum Gasteiger partial charge on any atom is -0.369 e. The highest BCUT2D eigenvalue weighted by Crippen LogP contribution is 2.31. The first-order valence-corrected chi connectivity index (χ1v) is 6.68. The number of primary amides is 1. The number of hydrogen-bond donors (Lipinski definition) is 1. The van der Waals surface area contributed by atoms with E-state index in [1.807, 2.05) is 4.90 Å². The standard InChI is InChI=1S/C13H22N2O2/c1-9(10-5-3-2-4-6-10)15-8-11(13(14)17)7-12(15)16/h9-11H,2-8H2,1H3,(H2,14,17)/t9-,11?/m0/s1. The smallest absolute Gasteiger partial charge is 0.223 e. The lowest BCUT2D eigenvalue weighted by atomic mass is 9.84. The lowest BCUT2D eigenvalue weighted by Gasteiger charge is -2.34. The maximum atomic E-state index is 11.9. The predicted octanol–water partition coefficient (Wildman–Crippen LogP) is 1.29. The zero-order chi connectivity index (χ0) is 12.4. The summed E-state index contributed by atoms with van der Waals surface area (Å²) in [5.74, 6) is 0.108. The fourth-order valence-corrected chi connectivity index (χ4v) is 3.19. The van der Waals surface area contributed by atoms with E-state index in [1.165, 1.54) is 32.1 Å². The maximum Gasteiger partial charge on any atom is 0.223 e. The summed E-state index contributed by atoms with van der Waals surface area (Å²) in [5.41, 5.74) is 5.28. The second-order valence-corrected chi connectivity index (χ2v) is 5.49. The molecule has 0 bridgehead atoms. The molecule has 0 aromatic rings. The van der Waals surface area contributed by atoms with Crippen LogP contribution >= 0.6 is 0 Å². The van der Waals surface area contributed by atoms with Gasteiger partial charge in [-0.2, -0.15) is 0 Å². The van der Waals surface area contributed by atoms with Crippen molar-refractivity contribution in [2.75, 3.05) is 6.54 Å². The van der Waals surface area contributed by atoms with Crippen molar-refractivity contribution in [3.05, 3.63) is 0 Å². The molecular formula is C13H22N2O2. The van der Waals surface area contributed by atoms with Crippen LogP contribution in [0, 0.1) is 11.8 Å². The van der Waals surface area contributed by atoms with E-state index in [0.717, 1.165) is 0 Å². The Labute approximate surface area is 103 Å². The summed E-state index contributed by atoms with van der Waals surface area (Å²) < 4.78 is 0. The lowest BCUT2D eigenvalue weighted by molar-refractivity contribution is -0.130. The van der Waals surface area contributed by atoms with Crippen molar-refractivity contribution in [3.8, 4) is 0 Å². The summed E-state index contributed by atoms with van der Waals surface area (Å²) in [6, 6.07) is 0.271. The molecule has 2 rings (SSSR count). The van der Waals surface area contributed by atoms with Crippen LogP contribution in [0.15, 0.2) is 0 Å². The minimum atomic E-state index is -0.336. The molecule has 1 aliphatic carbocycles. The highest BCUT2D eigenvalue weighted by molar-refractivity contribution is 5.88. The van der Waals surface area contributed by atoms with Crippen LogP contribution in [0.2, 0.25) is 0 Å². The van der Waals surface area contributed by atoms with E-state index in [9.17, 15) is 9.59 Å². The van der Waals surface area contributed by atoms with Crippen LogP contribution in [0.5, 0.6) is 0 Å². The van der Waals surface area contributed by atoms with Gasteiger partial charge in [-0.25, -0.2) is 0 Å². The fraction of sp³-hybridized carbons (Fsp3) is 0.846. The van der Waals surface area contributed by atoms with E-state index >= 15 is 0 Å². The Kier molecular flexibility index (Phi) is 3.69. The molecule has 2 atom stereocenters. The zero-order valence-electron chi connectivity index (χ0n) is 10.5. The number of carbonyl (C=O) groups is 2. The Morgan fingerprint density at radius 1 is 1.35 bits per heavy atom. The van der Waals surface area contributed by atoms with Gasteiger partial charge in [0.15, 0.2) is 0 Å². The summed E-state index contributed by atoms with van der Waals surface area (Å²) in [4.78, 5) is 24.9. The van der Waals surface area contributed by atoms with Crippen molar-refractivity contribution in [3.63, 3.8) is 0 Å². The van der Waals surface area contributed by atoms with Gasteiger partial charge in [0.2, 0.25) is 11.8 Å². The van der Waals surface area contributed by atoms with Crippen LogP contribution in [0.1, 0.15) is 45.4 Å². The molecule has 1 saturated heterocycles.